The third-order valence-electron chi connectivity index (χ3n) is 3.77. The second-order valence-electron chi connectivity index (χ2n) is 5.38. The normalized spacial score (nSPS) is 16.1. The molecule has 1 atom stereocenters. The van der Waals surface area contributed by atoms with Crippen molar-refractivity contribution in [2.24, 2.45) is 7.05 Å². The van der Waals surface area contributed by atoms with Crippen LogP contribution in [0.15, 0.2) is 0 Å². The molecule has 1 fully saturated rings. The maximum atomic E-state index is 12.3. The Balaban J connectivity index is 1.94. The van der Waals surface area contributed by atoms with Crippen molar-refractivity contribution in [1.82, 2.24) is 14.7 Å². The average molecular weight is 326 g/mol. The van der Waals surface area contributed by atoms with Crippen LogP contribution in [0.1, 0.15) is 31.2 Å². The highest BCUT2D eigenvalue weighted by molar-refractivity contribution is 8.23. The summed E-state index contributed by atoms with van der Waals surface area (Å²) < 4.78 is 2.60. The Morgan fingerprint density at radius 3 is 2.52 bits per heavy atom. The highest BCUT2D eigenvalue weighted by Crippen LogP contribution is 2.23. The fraction of sp³-hybridized carbons (Fsp3) is 0.643. The minimum absolute atomic E-state index is 0.0271. The molecule has 1 N–H and O–H groups in total. The first-order valence-corrected chi connectivity index (χ1v) is 8.45. The minimum Gasteiger partial charge on any atom is -0.358 e. The summed E-state index contributed by atoms with van der Waals surface area (Å²) in [7, 11) is 1.87. The molecular weight excluding hydrogens is 304 g/mol. The van der Waals surface area contributed by atoms with Crippen LogP contribution in [0.3, 0.4) is 0 Å². The third-order valence-corrected chi connectivity index (χ3v) is 5.34. The van der Waals surface area contributed by atoms with E-state index in [9.17, 15) is 4.79 Å². The maximum absolute atomic E-state index is 12.3. The molecule has 1 aromatic rings. The number of thioether (sulfide) groups is 1. The summed E-state index contributed by atoms with van der Waals surface area (Å²) in [5, 5.41) is 7.07. The molecule has 1 aliphatic heterocycles. The second-order valence-corrected chi connectivity index (χ2v) is 7.35. The van der Waals surface area contributed by atoms with Gasteiger partial charge in [0.2, 0.25) is 5.91 Å². The molecule has 2 heterocycles. The number of nitrogens with zero attached hydrogens (tertiary/aromatic N) is 3. The number of carbonyl (C=O) groups excluding carboxylic acids is 1. The average Bonchev–Trinajstić information content (AvgIpc) is 3.03. The fourth-order valence-corrected chi connectivity index (χ4v) is 3.77. The molecule has 0 saturated carbocycles. The SMILES string of the molecule is Cc1nn(C)c(C)c1NC(=O)[C@H](C)SC(=S)N1CCCC1. The van der Waals surface area contributed by atoms with Crippen LogP contribution in [-0.2, 0) is 11.8 Å². The van der Waals surface area contributed by atoms with Gasteiger partial charge in [-0.1, -0.05) is 24.0 Å². The molecule has 7 heteroatoms. The number of carbonyl (C=O) groups is 1. The first-order valence-electron chi connectivity index (χ1n) is 7.16. The van der Waals surface area contributed by atoms with Crippen molar-refractivity contribution in [1.29, 1.82) is 0 Å². The van der Waals surface area contributed by atoms with Gasteiger partial charge in [-0.25, -0.2) is 0 Å². The molecule has 5 nitrogen and oxygen atoms in total. The van der Waals surface area contributed by atoms with Crippen molar-refractivity contribution >= 4 is 39.9 Å². The van der Waals surface area contributed by atoms with E-state index in [4.69, 9.17) is 12.2 Å². The molecule has 1 aromatic heterocycles. The number of hydrogen-bond acceptors (Lipinski definition) is 4. The summed E-state index contributed by atoms with van der Waals surface area (Å²) >= 11 is 6.88. The Bertz CT molecular complexity index is 549. The number of thiocarbonyl (C=S) groups is 1. The Hall–Kier alpha value is -1.08. The lowest BCUT2D eigenvalue weighted by atomic mass is 10.3. The smallest absolute Gasteiger partial charge is 0.237 e. The summed E-state index contributed by atoms with van der Waals surface area (Å²) in [4.78, 5) is 14.5. The summed E-state index contributed by atoms with van der Waals surface area (Å²) in [5.41, 5.74) is 2.60. The van der Waals surface area contributed by atoms with Crippen LogP contribution in [0.4, 0.5) is 5.69 Å². The van der Waals surface area contributed by atoms with Crippen LogP contribution < -0.4 is 5.32 Å². The molecule has 0 unspecified atom stereocenters. The van der Waals surface area contributed by atoms with Gasteiger partial charge >= 0.3 is 0 Å². The highest BCUT2D eigenvalue weighted by atomic mass is 32.2. The first-order chi connectivity index (χ1) is 9.90. The molecular formula is C14H22N4OS2. The third kappa shape index (κ3) is 3.77. The van der Waals surface area contributed by atoms with Crippen molar-refractivity contribution in [2.75, 3.05) is 18.4 Å². The van der Waals surface area contributed by atoms with Gasteiger partial charge in [0, 0.05) is 20.1 Å². The standard InChI is InChI=1S/C14H22N4OS2/c1-9-12(10(2)17(4)16-9)15-13(19)11(3)21-14(20)18-7-5-6-8-18/h11H,5-8H2,1-4H3,(H,15,19)/t11-/m0/s1. The Kier molecular flexibility index (Phi) is 5.27. The van der Waals surface area contributed by atoms with Gasteiger partial charge in [0.1, 0.15) is 4.32 Å². The molecule has 0 aromatic carbocycles. The predicted octanol–water partition coefficient (Wildman–Crippen LogP) is 2.48. The number of hydrogen-bond donors (Lipinski definition) is 1. The lowest BCUT2D eigenvalue weighted by molar-refractivity contribution is -0.115. The quantitative estimate of drug-likeness (QED) is 0.865. The molecule has 0 bridgehead atoms. The van der Waals surface area contributed by atoms with E-state index in [1.54, 1.807) is 4.68 Å². The van der Waals surface area contributed by atoms with E-state index in [0.29, 0.717) is 0 Å². The van der Waals surface area contributed by atoms with Crippen LogP contribution in [0.2, 0.25) is 0 Å². The lowest BCUT2D eigenvalue weighted by Crippen LogP contribution is -2.29. The summed E-state index contributed by atoms with van der Waals surface area (Å²) in [6.07, 6.45) is 2.38. The number of likely N-dealkylation sites (tertiary alicyclic amines) is 1. The van der Waals surface area contributed by atoms with Crippen molar-refractivity contribution in [2.45, 2.75) is 38.9 Å². The molecule has 1 saturated heterocycles. The minimum atomic E-state index is -0.211. The summed E-state index contributed by atoms with van der Waals surface area (Å²) in [6.45, 7) is 7.77. The van der Waals surface area contributed by atoms with E-state index < -0.39 is 0 Å². The Labute approximate surface area is 135 Å². The van der Waals surface area contributed by atoms with Crippen molar-refractivity contribution < 1.29 is 4.79 Å². The second kappa shape index (κ2) is 6.79. The highest BCUT2D eigenvalue weighted by Gasteiger charge is 2.22. The van der Waals surface area contributed by atoms with E-state index in [1.165, 1.54) is 24.6 Å². The van der Waals surface area contributed by atoms with Gasteiger partial charge in [-0.3, -0.25) is 9.48 Å². The molecule has 2 rings (SSSR count). The monoisotopic (exact) mass is 326 g/mol. The van der Waals surface area contributed by atoms with Crippen LogP contribution in [0.25, 0.3) is 0 Å². The zero-order chi connectivity index (χ0) is 15.6. The summed E-state index contributed by atoms with van der Waals surface area (Å²) in [5.74, 6) is -0.0271. The number of aryl methyl sites for hydroxylation is 2. The number of anilines is 1. The molecule has 116 valence electrons. The molecule has 0 aliphatic carbocycles. The predicted molar refractivity (Wildman–Crippen MR) is 91.8 cm³/mol. The van der Waals surface area contributed by atoms with Crippen LogP contribution in [0.5, 0.6) is 0 Å². The number of aromatic nitrogens is 2. The van der Waals surface area contributed by atoms with E-state index >= 15 is 0 Å². The van der Waals surface area contributed by atoms with E-state index in [1.807, 2.05) is 27.8 Å². The van der Waals surface area contributed by atoms with E-state index in [-0.39, 0.29) is 11.2 Å². The van der Waals surface area contributed by atoms with Crippen LogP contribution >= 0.6 is 24.0 Å². The molecule has 0 radical (unpaired) electrons. The topological polar surface area (TPSA) is 50.2 Å². The number of amides is 1. The molecule has 21 heavy (non-hydrogen) atoms. The molecule has 0 spiro atoms. The van der Waals surface area contributed by atoms with Gasteiger partial charge in [-0.05, 0) is 33.6 Å². The largest absolute Gasteiger partial charge is 0.358 e. The van der Waals surface area contributed by atoms with Crippen LogP contribution in [0, 0.1) is 13.8 Å². The fourth-order valence-electron chi connectivity index (χ4n) is 2.36. The van der Waals surface area contributed by atoms with Gasteiger partial charge < -0.3 is 10.2 Å². The van der Waals surface area contributed by atoms with E-state index in [0.717, 1.165) is 34.5 Å². The van der Waals surface area contributed by atoms with Crippen molar-refractivity contribution in [3.63, 3.8) is 0 Å². The van der Waals surface area contributed by atoms with Crippen molar-refractivity contribution in [3.05, 3.63) is 11.4 Å². The van der Waals surface area contributed by atoms with Crippen LogP contribution in [-0.4, -0.2) is 43.2 Å². The number of nitrogens with one attached hydrogen (secondary N) is 1. The van der Waals surface area contributed by atoms with Gasteiger partial charge in [0.15, 0.2) is 0 Å². The first kappa shape index (κ1) is 16.3. The number of rotatable bonds is 3. The Morgan fingerprint density at radius 2 is 2.00 bits per heavy atom. The van der Waals surface area contributed by atoms with Gasteiger partial charge in [-0.15, -0.1) is 0 Å². The lowest BCUT2D eigenvalue weighted by Gasteiger charge is -2.20. The maximum Gasteiger partial charge on any atom is 0.237 e. The van der Waals surface area contributed by atoms with E-state index in [2.05, 4.69) is 15.3 Å². The zero-order valence-corrected chi connectivity index (χ0v) is 14.6. The van der Waals surface area contributed by atoms with Gasteiger partial charge in [0.05, 0.1) is 22.3 Å². The van der Waals surface area contributed by atoms with Gasteiger partial charge in [0.25, 0.3) is 0 Å². The van der Waals surface area contributed by atoms with Crippen molar-refractivity contribution in [3.8, 4) is 0 Å². The summed E-state index contributed by atoms with van der Waals surface area (Å²) in [6, 6.07) is 0. The molecule has 1 amide bonds. The molecule has 1 aliphatic rings. The zero-order valence-electron chi connectivity index (χ0n) is 13.0. The Morgan fingerprint density at radius 1 is 1.38 bits per heavy atom. The van der Waals surface area contributed by atoms with Gasteiger partial charge in [-0.2, -0.15) is 5.10 Å².